The molecule has 15 heavy (non-hydrogen) atoms. The summed E-state index contributed by atoms with van der Waals surface area (Å²) in [6.07, 6.45) is 7.59. The highest BCUT2D eigenvalue weighted by atomic mass is 15.0. The summed E-state index contributed by atoms with van der Waals surface area (Å²) in [5.41, 5.74) is 3.34. The molecule has 2 heterocycles. The van der Waals surface area contributed by atoms with Crippen LogP contribution in [-0.2, 0) is 0 Å². The Balaban J connectivity index is 2.41. The lowest BCUT2D eigenvalue weighted by Crippen LogP contribution is -1.95. The van der Waals surface area contributed by atoms with Crippen molar-refractivity contribution in [1.82, 2.24) is 14.5 Å². The van der Waals surface area contributed by atoms with Gasteiger partial charge in [0, 0.05) is 12.4 Å². The first-order valence-electron chi connectivity index (χ1n) is 5.12. The van der Waals surface area contributed by atoms with Gasteiger partial charge in [0.1, 0.15) is 0 Å². The normalized spacial score (nSPS) is 10.9. The first kappa shape index (κ1) is 9.90. The second kappa shape index (κ2) is 3.85. The Kier molecular flexibility index (Phi) is 2.54. The average molecular weight is 201 g/mol. The molecule has 78 valence electrons. The third-order valence-corrected chi connectivity index (χ3v) is 2.42. The van der Waals surface area contributed by atoms with Gasteiger partial charge in [-0.25, -0.2) is 4.98 Å². The van der Waals surface area contributed by atoms with Gasteiger partial charge in [-0.15, -0.1) is 0 Å². The Morgan fingerprint density at radius 1 is 1.27 bits per heavy atom. The maximum Gasteiger partial charge on any atom is 0.0995 e. The van der Waals surface area contributed by atoms with Crippen LogP contribution in [0.1, 0.15) is 31.0 Å². The summed E-state index contributed by atoms with van der Waals surface area (Å²) in [5, 5.41) is 0. The monoisotopic (exact) mass is 201 g/mol. The summed E-state index contributed by atoms with van der Waals surface area (Å²) in [5.74, 6) is 0.502. The number of hydrogen-bond donors (Lipinski definition) is 0. The van der Waals surface area contributed by atoms with E-state index in [0.717, 1.165) is 11.4 Å². The zero-order valence-corrected chi connectivity index (χ0v) is 9.31. The minimum atomic E-state index is 0.502. The van der Waals surface area contributed by atoms with Crippen LogP contribution >= 0.6 is 0 Å². The Hall–Kier alpha value is -1.64. The van der Waals surface area contributed by atoms with E-state index in [1.807, 2.05) is 36.4 Å². The van der Waals surface area contributed by atoms with E-state index in [4.69, 9.17) is 0 Å². The maximum absolute atomic E-state index is 4.24. The van der Waals surface area contributed by atoms with Crippen molar-refractivity contribution in [2.45, 2.75) is 26.7 Å². The molecule has 0 amide bonds. The molecule has 3 nitrogen and oxygen atoms in total. The van der Waals surface area contributed by atoms with E-state index < -0.39 is 0 Å². The summed E-state index contributed by atoms with van der Waals surface area (Å²) in [4.78, 5) is 8.45. The van der Waals surface area contributed by atoms with E-state index in [-0.39, 0.29) is 0 Å². The topological polar surface area (TPSA) is 30.7 Å². The first-order chi connectivity index (χ1) is 7.16. The van der Waals surface area contributed by atoms with Crippen LogP contribution in [0, 0.1) is 6.92 Å². The Morgan fingerprint density at radius 3 is 2.67 bits per heavy atom. The van der Waals surface area contributed by atoms with Crippen LogP contribution in [0.2, 0.25) is 0 Å². The maximum atomic E-state index is 4.24. The number of aryl methyl sites for hydroxylation is 1. The van der Waals surface area contributed by atoms with Gasteiger partial charge in [-0.2, -0.15) is 0 Å². The number of rotatable bonds is 2. The highest BCUT2D eigenvalue weighted by Gasteiger charge is 2.02. The molecule has 0 radical (unpaired) electrons. The fourth-order valence-corrected chi connectivity index (χ4v) is 1.46. The van der Waals surface area contributed by atoms with E-state index in [0.29, 0.717) is 5.92 Å². The molecule has 0 aliphatic rings. The Bertz CT molecular complexity index is 457. The molecule has 0 atom stereocenters. The number of imidazole rings is 1. The Morgan fingerprint density at radius 2 is 2.07 bits per heavy atom. The minimum Gasteiger partial charge on any atom is -0.304 e. The highest BCUT2D eigenvalue weighted by molar-refractivity contribution is 5.33. The van der Waals surface area contributed by atoms with Gasteiger partial charge >= 0.3 is 0 Å². The van der Waals surface area contributed by atoms with Crippen molar-refractivity contribution in [2.75, 3.05) is 0 Å². The van der Waals surface area contributed by atoms with Gasteiger partial charge in [0.2, 0.25) is 0 Å². The second-order valence-electron chi connectivity index (χ2n) is 4.05. The molecule has 3 heteroatoms. The predicted octanol–water partition coefficient (Wildman–Crippen LogP) is 2.70. The van der Waals surface area contributed by atoms with Crippen molar-refractivity contribution in [3.63, 3.8) is 0 Å². The molecule has 0 fully saturated rings. The molecule has 0 aliphatic heterocycles. The second-order valence-corrected chi connectivity index (χ2v) is 4.05. The molecular weight excluding hydrogens is 186 g/mol. The van der Waals surface area contributed by atoms with E-state index >= 15 is 0 Å². The third-order valence-electron chi connectivity index (χ3n) is 2.42. The Labute approximate surface area is 89.8 Å². The van der Waals surface area contributed by atoms with Crippen LogP contribution in [0.15, 0.2) is 31.0 Å². The number of pyridine rings is 1. The summed E-state index contributed by atoms with van der Waals surface area (Å²) in [6, 6.07) is 2.15. The van der Waals surface area contributed by atoms with Gasteiger partial charge in [-0.05, 0) is 24.5 Å². The third kappa shape index (κ3) is 2.06. The van der Waals surface area contributed by atoms with Crippen LogP contribution in [0.4, 0.5) is 0 Å². The van der Waals surface area contributed by atoms with Crippen molar-refractivity contribution in [2.24, 2.45) is 0 Å². The predicted molar refractivity (Wildman–Crippen MR) is 60.2 cm³/mol. The molecule has 0 unspecified atom stereocenters. The fourth-order valence-electron chi connectivity index (χ4n) is 1.46. The molecule has 0 aromatic carbocycles. The zero-order valence-electron chi connectivity index (χ0n) is 9.31. The van der Waals surface area contributed by atoms with Crippen molar-refractivity contribution in [3.8, 4) is 5.69 Å². The summed E-state index contributed by atoms with van der Waals surface area (Å²) >= 11 is 0. The zero-order chi connectivity index (χ0) is 10.8. The lowest BCUT2D eigenvalue weighted by Gasteiger charge is -2.07. The fraction of sp³-hybridized carbons (Fsp3) is 0.333. The van der Waals surface area contributed by atoms with E-state index in [1.165, 1.54) is 5.56 Å². The van der Waals surface area contributed by atoms with E-state index in [2.05, 4.69) is 29.9 Å². The van der Waals surface area contributed by atoms with E-state index in [9.17, 15) is 0 Å². The first-order valence-corrected chi connectivity index (χ1v) is 5.12. The standard InChI is InChI=1S/C12H15N3/c1-9(2)11-4-12(6-13-5-11)15-7-10(3)14-8-15/h4-9H,1-3H3. The number of hydrogen-bond acceptors (Lipinski definition) is 2. The van der Waals surface area contributed by atoms with Crippen LogP contribution in [0.3, 0.4) is 0 Å². The van der Waals surface area contributed by atoms with Gasteiger partial charge in [-0.3, -0.25) is 4.98 Å². The van der Waals surface area contributed by atoms with Crippen molar-refractivity contribution >= 4 is 0 Å². The van der Waals surface area contributed by atoms with Crippen LogP contribution < -0.4 is 0 Å². The highest BCUT2D eigenvalue weighted by Crippen LogP contribution is 2.16. The van der Waals surface area contributed by atoms with Gasteiger partial charge in [0.15, 0.2) is 0 Å². The number of nitrogens with zero attached hydrogens (tertiary/aromatic N) is 3. The molecule has 2 aromatic heterocycles. The largest absolute Gasteiger partial charge is 0.304 e. The van der Waals surface area contributed by atoms with Crippen molar-refractivity contribution < 1.29 is 0 Å². The molecule has 0 bridgehead atoms. The van der Waals surface area contributed by atoms with Gasteiger partial charge < -0.3 is 4.57 Å². The molecule has 0 saturated carbocycles. The van der Waals surface area contributed by atoms with Crippen LogP contribution in [0.5, 0.6) is 0 Å². The molecule has 0 aliphatic carbocycles. The van der Waals surface area contributed by atoms with Crippen molar-refractivity contribution in [3.05, 3.63) is 42.2 Å². The summed E-state index contributed by atoms with van der Waals surface area (Å²) < 4.78 is 1.99. The van der Waals surface area contributed by atoms with Crippen LogP contribution in [-0.4, -0.2) is 14.5 Å². The number of aromatic nitrogens is 3. The van der Waals surface area contributed by atoms with Crippen LogP contribution in [0.25, 0.3) is 5.69 Å². The molecule has 0 saturated heterocycles. The quantitative estimate of drug-likeness (QED) is 0.748. The smallest absolute Gasteiger partial charge is 0.0995 e. The molecule has 2 rings (SSSR count). The molecule has 2 aromatic rings. The molecule has 0 spiro atoms. The van der Waals surface area contributed by atoms with Gasteiger partial charge in [0.05, 0.1) is 23.9 Å². The lowest BCUT2D eigenvalue weighted by molar-refractivity contribution is 0.852. The summed E-state index contributed by atoms with van der Waals surface area (Å²) in [7, 11) is 0. The molecular formula is C12H15N3. The average Bonchev–Trinajstić information content (AvgIpc) is 2.65. The van der Waals surface area contributed by atoms with E-state index in [1.54, 1.807) is 0 Å². The lowest BCUT2D eigenvalue weighted by atomic mass is 10.1. The molecule has 0 N–H and O–H groups in total. The SMILES string of the molecule is Cc1cn(-c2cncc(C(C)C)c2)cn1. The van der Waals surface area contributed by atoms with Gasteiger partial charge in [0.25, 0.3) is 0 Å². The summed E-state index contributed by atoms with van der Waals surface area (Å²) in [6.45, 7) is 6.32. The van der Waals surface area contributed by atoms with Gasteiger partial charge in [-0.1, -0.05) is 13.8 Å². The minimum absolute atomic E-state index is 0.502. The van der Waals surface area contributed by atoms with Crippen molar-refractivity contribution in [1.29, 1.82) is 0 Å².